The highest BCUT2D eigenvalue weighted by molar-refractivity contribution is 7.13. The van der Waals surface area contributed by atoms with Crippen molar-refractivity contribution in [2.24, 2.45) is 0 Å². The van der Waals surface area contributed by atoms with Gasteiger partial charge >= 0.3 is 0 Å². The van der Waals surface area contributed by atoms with Crippen LogP contribution in [0.2, 0.25) is 0 Å². The second kappa shape index (κ2) is 12.1. The SMILES string of the molecule is CCN(CC)C(C)CNC(=O)c1cc(NCCCO)nc(-c2cnn3ccc(-c4cccs4)nc23)c1. The minimum Gasteiger partial charge on any atom is -0.396 e. The van der Waals surface area contributed by atoms with Crippen LogP contribution in [0.4, 0.5) is 5.82 Å². The third-order valence-corrected chi connectivity index (χ3v) is 7.03. The molecule has 0 aliphatic heterocycles. The maximum Gasteiger partial charge on any atom is 0.251 e. The molecule has 0 bridgehead atoms. The van der Waals surface area contributed by atoms with Gasteiger partial charge in [-0.25, -0.2) is 14.5 Å². The van der Waals surface area contributed by atoms with Gasteiger partial charge in [0.1, 0.15) is 5.82 Å². The fourth-order valence-corrected chi connectivity index (χ4v) is 4.81. The van der Waals surface area contributed by atoms with E-state index >= 15 is 0 Å². The molecule has 10 heteroatoms. The fraction of sp³-hybridized carbons (Fsp3) is 0.385. The molecule has 0 saturated carbocycles. The highest BCUT2D eigenvalue weighted by atomic mass is 32.1. The van der Waals surface area contributed by atoms with E-state index in [1.54, 1.807) is 34.2 Å². The lowest BCUT2D eigenvalue weighted by Crippen LogP contribution is -2.42. The molecule has 1 atom stereocenters. The number of nitrogens with one attached hydrogen (secondary N) is 2. The van der Waals surface area contributed by atoms with Gasteiger partial charge in [0.25, 0.3) is 5.91 Å². The number of likely N-dealkylation sites (N-methyl/N-ethyl adjacent to an activating group) is 1. The molecule has 1 amide bonds. The standard InChI is InChI=1S/C26H33N7O2S/c1-4-32(5-2)18(3)16-28-26(35)19-14-22(30-24(15-19)27-10-7-12-34)20-17-29-33-11-9-21(31-25(20)33)23-8-6-13-36-23/h6,8-9,11,13-15,17-18,34H,4-5,7,10,12,16H2,1-3H3,(H,27,30)(H,28,35). The number of hydrogen-bond acceptors (Lipinski definition) is 8. The van der Waals surface area contributed by atoms with Gasteiger partial charge < -0.3 is 15.7 Å². The summed E-state index contributed by atoms with van der Waals surface area (Å²) in [7, 11) is 0. The first kappa shape index (κ1) is 25.7. The quantitative estimate of drug-likeness (QED) is 0.251. The molecule has 0 aromatic carbocycles. The van der Waals surface area contributed by atoms with Gasteiger partial charge in [-0.3, -0.25) is 9.69 Å². The van der Waals surface area contributed by atoms with Crippen molar-refractivity contribution in [1.29, 1.82) is 0 Å². The summed E-state index contributed by atoms with van der Waals surface area (Å²) in [6, 6.07) is 9.72. The average Bonchev–Trinajstić information content (AvgIpc) is 3.58. The van der Waals surface area contributed by atoms with Crippen molar-refractivity contribution < 1.29 is 9.90 Å². The van der Waals surface area contributed by atoms with Crippen LogP contribution in [-0.4, -0.2) is 74.3 Å². The van der Waals surface area contributed by atoms with Crippen LogP contribution in [0.1, 0.15) is 37.6 Å². The third kappa shape index (κ3) is 5.89. The molecule has 9 nitrogen and oxygen atoms in total. The maximum absolute atomic E-state index is 13.2. The van der Waals surface area contributed by atoms with E-state index in [0.29, 0.717) is 42.2 Å². The van der Waals surface area contributed by atoms with E-state index in [9.17, 15) is 9.90 Å². The van der Waals surface area contributed by atoms with E-state index in [2.05, 4.69) is 41.4 Å². The number of aromatic nitrogens is 4. The van der Waals surface area contributed by atoms with Crippen molar-refractivity contribution >= 4 is 28.7 Å². The molecule has 0 saturated heterocycles. The van der Waals surface area contributed by atoms with Crippen molar-refractivity contribution in [2.45, 2.75) is 33.2 Å². The normalized spacial score (nSPS) is 12.2. The van der Waals surface area contributed by atoms with E-state index in [4.69, 9.17) is 9.97 Å². The topological polar surface area (TPSA) is 108 Å². The number of carbonyl (C=O) groups is 1. The van der Waals surface area contributed by atoms with Crippen LogP contribution in [0.25, 0.3) is 27.5 Å². The Kier molecular flexibility index (Phi) is 8.63. The van der Waals surface area contributed by atoms with Gasteiger partial charge in [-0.05, 0) is 56.1 Å². The molecule has 0 radical (unpaired) electrons. The Bertz CT molecular complexity index is 1280. The Balaban J connectivity index is 1.66. The predicted molar refractivity (Wildman–Crippen MR) is 144 cm³/mol. The number of anilines is 1. The van der Waals surface area contributed by atoms with Crippen molar-refractivity contribution in [2.75, 3.05) is 38.1 Å². The molecule has 4 rings (SSSR count). The van der Waals surface area contributed by atoms with Gasteiger partial charge in [0.05, 0.1) is 28.0 Å². The number of rotatable bonds is 12. The molecule has 1 unspecified atom stereocenters. The van der Waals surface area contributed by atoms with E-state index in [0.717, 1.165) is 29.2 Å². The van der Waals surface area contributed by atoms with Crippen LogP contribution < -0.4 is 10.6 Å². The summed E-state index contributed by atoms with van der Waals surface area (Å²) in [5.41, 5.74) is 3.39. The van der Waals surface area contributed by atoms with E-state index in [1.807, 2.05) is 29.8 Å². The largest absolute Gasteiger partial charge is 0.396 e. The van der Waals surface area contributed by atoms with Crippen LogP contribution in [0.3, 0.4) is 0 Å². The van der Waals surface area contributed by atoms with Gasteiger partial charge in [-0.2, -0.15) is 5.10 Å². The number of fused-ring (bicyclic) bond motifs is 1. The molecule has 0 spiro atoms. The Morgan fingerprint density at radius 1 is 1.19 bits per heavy atom. The molecule has 4 aromatic heterocycles. The van der Waals surface area contributed by atoms with Crippen LogP contribution in [0, 0.1) is 0 Å². The summed E-state index contributed by atoms with van der Waals surface area (Å²) in [6.07, 6.45) is 4.19. The van der Waals surface area contributed by atoms with E-state index in [1.165, 1.54) is 0 Å². The molecule has 190 valence electrons. The number of aliphatic hydroxyl groups excluding tert-OH is 1. The molecule has 0 fully saturated rings. The smallest absolute Gasteiger partial charge is 0.251 e. The molecule has 4 aromatic rings. The van der Waals surface area contributed by atoms with Crippen molar-refractivity contribution in [1.82, 2.24) is 29.8 Å². The number of hydrogen-bond donors (Lipinski definition) is 3. The van der Waals surface area contributed by atoms with Gasteiger partial charge in [-0.1, -0.05) is 19.9 Å². The minimum atomic E-state index is -0.161. The summed E-state index contributed by atoms with van der Waals surface area (Å²) in [6.45, 7) is 9.39. The van der Waals surface area contributed by atoms with Gasteiger partial charge in [-0.15, -0.1) is 11.3 Å². The highest BCUT2D eigenvalue weighted by Gasteiger charge is 2.17. The van der Waals surface area contributed by atoms with Crippen molar-refractivity contribution in [3.8, 4) is 21.8 Å². The van der Waals surface area contributed by atoms with E-state index in [-0.39, 0.29) is 18.6 Å². The second-order valence-corrected chi connectivity index (χ2v) is 9.47. The lowest BCUT2D eigenvalue weighted by atomic mass is 10.1. The van der Waals surface area contributed by atoms with Gasteiger partial charge in [0, 0.05) is 37.5 Å². The number of pyridine rings is 1. The molecule has 4 heterocycles. The zero-order valence-corrected chi connectivity index (χ0v) is 21.8. The third-order valence-electron chi connectivity index (χ3n) is 6.14. The van der Waals surface area contributed by atoms with E-state index < -0.39 is 0 Å². The molecular formula is C26H33N7O2S. The lowest BCUT2D eigenvalue weighted by molar-refractivity contribution is 0.0938. The molecule has 36 heavy (non-hydrogen) atoms. The van der Waals surface area contributed by atoms with Crippen LogP contribution in [0.5, 0.6) is 0 Å². The number of aliphatic hydroxyl groups is 1. The molecule has 3 N–H and O–H groups in total. The molecule has 0 aliphatic carbocycles. The maximum atomic E-state index is 13.2. The first-order chi connectivity index (χ1) is 17.5. The summed E-state index contributed by atoms with van der Waals surface area (Å²) < 4.78 is 1.71. The summed E-state index contributed by atoms with van der Waals surface area (Å²) in [4.78, 5) is 26.1. The monoisotopic (exact) mass is 507 g/mol. The molecule has 0 aliphatic rings. The first-order valence-electron chi connectivity index (χ1n) is 12.3. The second-order valence-electron chi connectivity index (χ2n) is 8.53. The summed E-state index contributed by atoms with van der Waals surface area (Å²) >= 11 is 1.63. The number of thiophene rings is 1. The average molecular weight is 508 g/mol. The minimum absolute atomic E-state index is 0.0761. The zero-order valence-electron chi connectivity index (χ0n) is 20.9. The summed E-state index contributed by atoms with van der Waals surface area (Å²) in [5, 5.41) is 21.9. The van der Waals surface area contributed by atoms with Gasteiger partial charge in [0.2, 0.25) is 0 Å². The number of carbonyl (C=O) groups excluding carboxylic acids is 1. The Morgan fingerprint density at radius 3 is 2.75 bits per heavy atom. The predicted octanol–water partition coefficient (Wildman–Crippen LogP) is 3.77. The van der Waals surface area contributed by atoms with Crippen LogP contribution in [0.15, 0.2) is 48.1 Å². The van der Waals surface area contributed by atoms with Gasteiger partial charge in [0.15, 0.2) is 5.65 Å². The van der Waals surface area contributed by atoms with Crippen LogP contribution >= 0.6 is 11.3 Å². The van der Waals surface area contributed by atoms with Crippen molar-refractivity contribution in [3.63, 3.8) is 0 Å². The van der Waals surface area contributed by atoms with Crippen molar-refractivity contribution in [3.05, 3.63) is 53.7 Å². The Labute approximate surface area is 215 Å². The van der Waals surface area contributed by atoms with Crippen LogP contribution in [-0.2, 0) is 0 Å². The first-order valence-corrected chi connectivity index (χ1v) is 13.2. The fourth-order valence-electron chi connectivity index (χ4n) is 4.12. The number of nitrogens with zero attached hydrogens (tertiary/aromatic N) is 5. The number of amides is 1. The molecular weight excluding hydrogens is 474 g/mol. The Morgan fingerprint density at radius 2 is 2.03 bits per heavy atom. The summed E-state index contributed by atoms with van der Waals surface area (Å²) in [5.74, 6) is 0.406. The Hall–Kier alpha value is -3.34. The lowest BCUT2D eigenvalue weighted by Gasteiger charge is -2.26. The zero-order chi connectivity index (χ0) is 25.5. The highest BCUT2D eigenvalue weighted by Crippen LogP contribution is 2.28.